The van der Waals surface area contributed by atoms with Gasteiger partial charge in [-0.25, -0.2) is 17.5 Å². The molecule has 0 fully saturated rings. The number of halogens is 2. The Morgan fingerprint density at radius 1 is 1.15 bits per heavy atom. The Kier molecular flexibility index (Phi) is 5.29. The van der Waals surface area contributed by atoms with E-state index in [-0.39, 0.29) is 15.9 Å². The highest BCUT2D eigenvalue weighted by atomic mass is 35.5. The predicted molar refractivity (Wildman–Crippen MR) is 97.8 cm³/mol. The highest BCUT2D eigenvalue weighted by molar-refractivity contribution is 7.91. The number of esters is 1. The van der Waals surface area contributed by atoms with Gasteiger partial charge in [-0.15, -0.1) is 0 Å². The number of carbonyl (C=O) groups excluding carboxylic acids is 1. The maximum absolute atomic E-state index is 13.1. The topological polar surface area (TPSA) is 78.3 Å². The summed E-state index contributed by atoms with van der Waals surface area (Å²) < 4.78 is 43.4. The highest BCUT2D eigenvalue weighted by Gasteiger charge is 2.17. The molecular formula is C18H14ClFN2O4S. The molecule has 0 unspecified atom stereocenters. The molecule has 0 bridgehead atoms. The maximum atomic E-state index is 13.1. The molecule has 9 heteroatoms. The fourth-order valence-corrected chi connectivity index (χ4v) is 3.59. The van der Waals surface area contributed by atoms with Crippen LogP contribution < -0.4 is 0 Å². The molecule has 0 N–H and O–H groups in total. The first-order valence-corrected chi connectivity index (χ1v) is 9.77. The normalized spacial score (nSPS) is 11.4. The average molecular weight is 409 g/mol. The van der Waals surface area contributed by atoms with Crippen molar-refractivity contribution < 1.29 is 22.3 Å². The lowest BCUT2D eigenvalue weighted by molar-refractivity contribution is -0.138. The fourth-order valence-electron chi connectivity index (χ4n) is 2.34. The zero-order chi connectivity index (χ0) is 19.6. The number of sulfone groups is 1. The molecule has 3 aromatic rings. The van der Waals surface area contributed by atoms with Gasteiger partial charge in [-0.2, -0.15) is 5.10 Å². The highest BCUT2D eigenvalue weighted by Crippen LogP contribution is 2.29. The Morgan fingerprint density at radius 3 is 2.37 bits per heavy atom. The Labute approximate surface area is 160 Å². The first-order chi connectivity index (χ1) is 12.8. The smallest absolute Gasteiger partial charge is 0.303 e. The molecule has 0 amide bonds. The third-order valence-corrected chi connectivity index (χ3v) is 5.40. The van der Waals surface area contributed by atoms with Crippen LogP contribution in [-0.2, 0) is 19.4 Å². The molecule has 0 atom stereocenters. The van der Waals surface area contributed by atoms with Gasteiger partial charge in [0.1, 0.15) is 5.82 Å². The van der Waals surface area contributed by atoms with Gasteiger partial charge in [0.05, 0.1) is 10.6 Å². The second-order valence-electron chi connectivity index (χ2n) is 5.65. The van der Waals surface area contributed by atoms with Gasteiger partial charge in [0.15, 0.2) is 11.1 Å². The van der Waals surface area contributed by atoms with Crippen molar-refractivity contribution >= 4 is 27.4 Å². The molecule has 0 aliphatic heterocycles. The van der Waals surface area contributed by atoms with Crippen LogP contribution in [0.1, 0.15) is 6.92 Å². The molecule has 6 nitrogen and oxygen atoms in total. The van der Waals surface area contributed by atoms with Gasteiger partial charge in [0.25, 0.3) is 0 Å². The minimum atomic E-state index is -3.74. The molecule has 2 aromatic carbocycles. The largest absolute Gasteiger partial charge is 0.449 e. The Bertz CT molecular complexity index is 1080. The number of hydrogen-bond acceptors (Lipinski definition) is 5. The quantitative estimate of drug-likeness (QED) is 0.602. The Balaban J connectivity index is 1.87. The van der Waals surface area contributed by atoms with Crippen LogP contribution in [0.4, 0.5) is 4.39 Å². The molecule has 3 rings (SSSR count). The number of carbonyl (C=O) groups is 1. The molecule has 140 valence electrons. The summed E-state index contributed by atoms with van der Waals surface area (Å²) >= 11 is 6.19. The van der Waals surface area contributed by atoms with E-state index in [1.807, 2.05) is 0 Å². The van der Waals surface area contributed by atoms with Gasteiger partial charge in [-0.05, 0) is 42.0 Å². The fraction of sp³-hybridized carbons (Fsp3) is 0.111. The lowest BCUT2D eigenvalue weighted by Gasteiger charge is -2.05. The van der Waals surface area contributed by atoms with E-state index >= 15 is 0 Å². The number of rotatable bonds is 5. The minimum Gasteiger partial charge on any atom is -0.449 e. The lowest BCUT2D eigenvalue weighted by Crippen LogP contribution is -2.12. The van der Waals surface area contributed by atoms with E-state index in [2.05, 4.69) is 9.84 Å². The van der Waals surface area contributed by atoms with Crippen molar-refractivity contribution in [3.63, 3.8) is 0 Å². The third kappa shape index (κ3) is 4.35. The van der Waals surface area contributed by atoms with Gasteiger partial charge < -0.3 is 4.74 Å². The van der Waals surface area contributed by atoms with Gasteiger partial charge in [-0.3, -0.25) is 4.79 Å². The van der Waals surface area contributed by atoms with Gasteiger partial charge in [0, 0.05) is 18.7 Å². The van der Waals surface area contributed by atoms with Crippen LogP contribution >= 0.6 is 11.6 Å². The van der Waals surface area contributed by atoms with E-state index in [0.29, 0.717) is 16.8 Å². The second-order valence-corrected chi connectivity index (χ2v) is 7.94. The van der Waals surface area contributed by atoms with Crippen molar-refractivity contribution in [3.05, 3.63) is 65.7 Å². The standard InChI is InChI=1S/C18H14ClFN2O4S/c1-12(23)26-11-27(24,25)16-8-2-13(3-9-16)17-10-22(21-18(17)19)15-6-4-14(20)5-7-15/h2-10H,11H2,1H3. The predicted octanol–water partition coefficient (Wildman–Crippen LogP) is 3.63. The minimum absolute atomic E-state index is 0.0227. The van der Waals surface area contributed by atoms with Crippen molar-refractivity contribution in [2.45, 2.75) is 11.8 Å². The van der Waals surface area contributed by atoms with E-state index in [0.717, 1.165) is 6.92 Å². The van der Waals surface area contributed by atoms with Crippen LogP contribution in [0.3, 0.4) is 0 Å². The molecular weight excluding hydrogens is 395 g/mol. The van der Waals surface area contributed by atoms with Crippen LogP contribution in [0.2, 0.25) is 5.15 Å². The summed E-state index contributed by atoms with van der Waals surface area (Å²) in [7, 11) is -3.74. The maximum Gasteiger partial charge on any atom is 0.303 e. The van der Waals surface area contributed by atoms with E-state index < -0.39 is 21.7 Å². The zero-order valence-corrected chi connectivity index (χ0v) is 15.7. The van der Waals surface area contributed by atoms with Gasteiger partial charge in [0.2, 0.25) is 9.84 Å². The van der Waals surface area contributed by atoms with Gasteiger partial charge >= 0.3 is 5.97 Å². The molecule has 0 spiro atoms. The van der Waals surface area contributed by atoms with Crippen LogP contribution in [0.5, 0.6) is 0 Å². The molecule has 1 heterocycles. The number of benzene rings is 2. The van der Waals surface area contributed by atoms with E-state index in [4.69, 9.17) is 11.6 Å². The summed E-state index contributed by atoms with van der Waals surface area (Å²) in [6.07, 6.45) is 1.66. The number of ether oxygens (including phenoxy) is 1. The summed E-state index contributed by atoms with van der Waals surface area (Å²) in [5, 5.41) is 4.41. The number of aromatic nitrogens is 2. The zero-order valence-electron chi connectivity index (χ0n) is 14.1. The van der Waals surface area contributed by atoms with E-state index in [1.54, 1.807) is 30.5 Å². The number of hydrogen-bond donors (Lipinski definition) is 0. The van der Waals surface area contributed by atoms with Crippen molar-refractivity contribution in [1.82, 2.24) is 9.78 Å². The number of nitrogens with zero attached hydrogens (tertiary/aromatic N) is 2. The molecule has 0 aliphatic carbocycles. The van der Waals surface area contributed by atoms with Gasteiger partial charge in [-0.1, -0.05) is 23.7 Å². The third-order valence-electron chi connectivity index (χ3n) is 3.70. The Hall–Kier alpha value is -2.71. The average Bonchev–Trinajstić information content (AvgIpc) is 3.02. The van der Waals surface area contributed by atoms with Crippen molar-refractivity contribution in [3.8, 4) is 16.8 Å². The summed E-state index contributed by atoms with van der Waals surface area (Å²) in [6, 6.07) is 11.7. The van der Waals surface area contributed by atoms with Crippen LogP contribution in [0.15, 0.2) is 59.6 Å². The first kappa shape index (κ1) is 19.1. The Morgan fingerprint density at radius 2 is 1.78 bits per heavy atom. The molecule has 27 heavy (non-hydrogen) atoms. The van der Waals surface area contributed by atoms with Crippen LogP contribution in [-0.4, -0.2) is 30.1 Å². The summed E-state index contributed by atoms with van der Waals surface area (Å²) in [4.78, 5) is 10.8. The molecule has 0 saturated carbocycles. The lowest BCUT2D eigenvalue weighted by atomic mass is 10.1. The van der Waals surface area contributed by atoms with Crippen molar-refractivity contribution in [1.29, 1.82) is 0 Å². The van der Waals surface area contributed by atoms with E-state index in [9.17, 15) is 17.6 Å². The monoisotopic (exact) mass is 408 g/mol. The molecule has 0 aliphatic rings. The summed E-state index contributed by atoms with van der Waals surface area (Å²) in [6.45, 7) is 1.14. The summed E-state index contributed by atoms with van der Waals surface area (Å²) in [5.41, 5.74) is 1.87. The first-order valence-electron chi connectivity index (χ1n) is 7.74. The van der Waals surface area contributed by atoms with E-state index in [1.165, 1.54) is 28.9 Å². The second kappa shape index (κ2) is 7.50. The SMILES string of the molecule is CC(=O)OCS(=O)(=O)c1ccc(-c2cn(-c3ccc(F)cc3)nc2Cl)cc1. The molecule has 1 aromatic heterocycles. The van der Waals surface area contributed by atoms with Crippen LogP contribution in [0, 0.1) is 5.82 Å². The molecule has 0 saturated heterocycles. The van der Waals surface area contributed by atoms with Crippen LogP contribution in [0.25, 0.3) is 16.8 Å². The van der Waals surface area contributed by atoms with Crippen molar-refractivity contribution in [2.24, 2.45) is 0 Å². The molecule has 0 radical (unpaired) electrons. The van der Waals surface area contributed by atoms with Crippen molar-refractivity contribution in [2.75, 3.05) is 5.94 Å². The summed E-state index contributed by atoms with van der Waals surface area (Å²) in [5.74, 6) is -1.75.